The monoisotopic (exact) mass is 242 g/mol. The fourth-order valence-corrected chi connectivity index (χ4v) is 1.50. The number of esters is 1. The Bertz CT molecular complexity index is 212. The van der Waals surface area contributed by atoms with Gasteiger partial charge >= 0.3 is 5.97 Å². The van der Waals surface area contributed by atoms with Crippen molar-refractivity contribution in [3.8, 4) is 0 Å². The van der Waals surface area contributed by atoms with Gasteiger partial charge in [-0.25, -0.2) is 4.79 Å². The zero-order chi connectivity index (χ0) is 12.9. The van der Waals surface area contributed by atoms with Crippen molar-refractivity contribution in [2.24, 2.45) is 0 Å². The van der Waals surface area contributed by atoms with E-state index in [9.17, 15) is 4.79 Å². The predicted molar refractivity (Wildman–Crippen MR) is 69.9 cm³/mol. The molecule has 17 heavy (non-hydrogen) atoms. The molecule has 0 bridgehead atoms. The molecule has 0 radical (unpaired) electrons. The van der Waals surface area contributed by atoms with Crippen molar-refractivity contribution < 1.29 is 14.3 Å². The van der Waals surface area contributed by atoms with Crippen molar-refractivity contribution in [2.45, 2.75) is 59.0 Å². The molecule has 0 saturated carbocycles. The molecule has 0 aliphatic rings. The topological polar surface area (TPSA) is 35.5 Å². The van der Waals surface area contributed by atoms with E-state index in [2.05, 4.69) is 13.8 Å². The number of carbonyl (C=O) groups is 1. The zero-order valence-corrected chi connectivity index (χ0v) is 11.4. The molecule has 0 amide bonds. The number of unbranched alkanes of at least 4 members (excludes halogenated alkanes) is 3. The Morgan fingerprint density at radius 3 is 2.65 bits per heavy atom. The van der Waals surface area contributed by atoms with E-state index in [4.69, 9.17) is 9.47 Å². The van der Waals surface area contributed by atoms with Gasteiger partial charge in [0.25, 0.3) is 0 Å². The number of hydrogen-bond acceptors (Lipinski definition) is 3. The summed E-state index contributed by atoms with van der Waals surface area (Å²) in [6.07, 6.45) is 9.55. The maximum Gasteiger partial charge on any atom is 0.330 e. The van der Waals surface area contributed by atoms with Crippen molar-refractivity contribution in [3.63, 3.8) is 0 Å². The Kier molecular flexibility index (Phi) is 11.1. The normalized spacial score (nSPS) is 12.9. The highest BCUT2D eigenvalue weighted by Crippen LogP contribution is 2.07. The first kappa shape index (κ1) is 16.2. The summed E-state index contributed by atoms with van der Waals surface area (Å²) in [6.45, 7) is 6.97. The van der Waals surface area contributed by atoms with Gasteiger partial charge < -0.3 is 9.47 Å². The minimum atomic E-state index is -0.299. The maximum absolute atomic E-state index is 11.0. The fourth-order valence-electron chi connectivity index (χ4n) is 1.50. The molecular formula is C14H26O3. The summed E-state index contributed by atoms with van der Waals surface area (Å²) in [4.78, 5) is 11.0. The van der Waals surface area contributed by atoms with E-state index in [1.165, 1.54) is 31.8 Å². The van der Waals surface area contributed by atoms with Crippen LogP contribution in [-0.4, -0.2) is 25.3 Å². The van der Waals surface area contributed by atoms with Gasteiger partial charge in [0, 0.05) is 6.08 Å². The minimum absolute atomic E-state index is 0.263. The average Bonchev–Trinajstić information content (AvgIpc) is 2.31. The molecule has 0 aromatic carbocycles. The molecule has 0 spiro atoms. The van der Waals surface area contributed by atoms with Gasteiger partial charge in [-0.1, -0.05) is 38.7 Å². The third-order valence-electron chi connectivity index (χ3n) is 2.48. The second-order valence-electron chi connectivity index (χ2n) is 4.15. The second-order valence-corrected chi connectivity index (χ2v) is 4.15. The number of ether oxygens (including phenoxy) is 2. The quantitative estimate of drug-likeness (QED) is 0.334. The smallest absolute Gasteiger partial charge is 0.330 e. The number of rotatable bonds is 10. The van der Waals surface area contributed by atoms with Crippen LogP contribution < -0.4 is 0 Å². The highest BCUT2D eigenvalue weighted by Gasteiger charge is 2.00. The van der Waals surface area contributed by atoms with Crippen molar-refractivity contribution >= 4 is 5.97 Å². The first-order chi connectivity index (χ1) is 8.20. The van der Waals surface area contributed by atoms with Crippen LogP contribution in [0.5, 0.6) is 0 Å². The predicted octanol–water partition coefficient (Wildman–Crippen LogP) is 3.48. The third-order valence-corrected chi connectivity index (χ3v) is 2.48. The highest BCUT2D eigenvalue weighted by atomic mass is 16.5. The minimum Gasteiger partial charge on any atom is -0.463 e. The lowest BCUT2D eigenvalue weighted by Crippen LogP contribution is -2.08. The molecule has 0 aliphatic heterocycles. The molecule has 1 unspecified atom stereocenters. The van der Waals surface area contributed by atoms with Crippen LogP contribution in [0.1, 0.15) is 52.9 Å². The van der Waals surface area contributed by atoms with E-state index in [0.29, 0.717) is 13.2 Å². The van der Waals surface area contributed by atoms with Crippen LogP contribution in [-0.2, 0) is 14.3 Å². The van der Waals surface area contributed by atoms with Crippen molar-refractivity contribution in [1.29, 1.82) is 0 Å². The molecule has 0 N–H and O–H groups in total. The van der Waals surface area contributed by atoms with Crippen LogP contribution in [0.2, 0.25) is 0 Å². The molecule has 0 aromatic rings. The van der Waals surface area contributed by atoms with Gasteiger partial charge in [0.2, 0.25) is 0 Å². The molecule has 0 rings (SSSR count). The van der Waals surface area contributed by atoms with Crippen LogP contribution in [0.3, 0.4) is 0 Å². The summed E-state index contributed by atoms with van der Waals surface area (Å²) in [5.41, 5.74) is 0. The molecule has 100 valence electrons. The van der Waals surface area contributed by atoms with E-state index in [1.54, 1.807) is 13.0 Å². The molecule has 3 heteroatoms. The summed E-state index contributed by atoms with van der Waals surface area (Å²) >= 11 is 0. The Hall–Kier alpha value is -0.830. The second kappa shape index (κ2) is 11.6. The van der Waals surface area contributed by atoms with E-state index in [1.807, 2.05) is 0 Å². The molecule has 3 nitrogen and oxygen atoms in total. The SMILES string of the molecule is CCCCCCC(C)OC/C=C/C(=O)OCC. The van der Waals surface area contributed by atoms with Gasteiger partial charge in [-0.3, -0.25) is 0 Å². The van der Waals surface area contributed by atoms with E-state index >= 15 is 0 Å². The molecule has 0 heterocycles. The summed E-state index contributed by atoms with van der Waals surface area (Å²) in [7, 11) is 0. The molecule has 0 aromatic heterocycles. The van der Waals surface area contributed by atoms with Gasteiger partial charge in [-0.15, -0.1) is 0 Å². The molecule has 0 saturated heterocycles. The van der Waals surface area contributed by atoms with Crippen LogP contribution in [0.15, 0.2) is 12.2 Å². The molecular weight excluding hydrogens is 216 g/mol. The Labute approximate surface area is 105 Å². The fraction of sp³-hybridized carbons (Fsp3) is 0.786. The first-order valence-electron chi connectivity index (χ1n) is 6.65. The van der Waals surface area contributed by atoms with Crippen molar-refractivity contribution in [3.05, 3.63) is 12.2 Å². The standard InChI is InChI=1S/C14H26O3/c1-4-6-7-8-10-13(3)17-12-9-11-14(15)16-5-2/h9,11,13H,4-8,10,12H2,1-3H3/b11-9+. The van der Waals surface area contributed by atoms with Crippen LogP contribution in [0, 0.1) is 0 Å². The van der Waals surface area contributed by atoms with Crippen LogP contribution in [0.25, 0.3) is 0 Å². The van der Waals surface area contributed by atoms with Gasteiger partial charge in [-0.2, -0.15) is 0 Å². The number of carbonyl (C=O) groups excluding carboxylic acids is 1. The summed E-state index contributed by atoms with van der Waals surface area (Å²) in [5.74, 6) is -0.299. The van der Waals surface area contributed by atoms with Gasteiger partial charge in [0.05, 0.1) is 19.3 Å². The molecule has 0 fully saturated rings. The maximum atomic E-state index is 11.0. The first-order valence-corrected chi connectivity index (χ1v) is 6.65. The average molecular weight is 242 g/mol. The zero-order valence-electron chi connectivity index (χ0n) is 11.4. The van der Waals surface area contributed by atoms with Gasteiger partial charge in [0.15, 0.2) is 0 Å². The number of hydrogen-bond donors (Lipinski definition) is 0. The highest BCUT2D eigenvalue weighted by molar-refractivity contribution is 5.81. The van der Waals surface area contributed by atoms with Gasteiger partial charge in [-0.05, 0) is 20.3 Å². The van der Waals surface area contributed by atoms with Crippen LogP contribution in [0.4, 0.5) is 0 Å². The largest absolute Gasteiger partial charge is 0.463 e. The Balaban J connectivity index is 3.43. The van der Waals surface area contributed by atoms with E-state index in [0.717, 1.165) is 6.42 Å². The van der Waals surface area contributed by atoms with Crippen molar-refractivity contribution in [1.82, 2.24) is 0 Å². The summed E-state index contributed by atoms with van der Waals surface area (Å²) in [6, 6.07) is 0. The van der Waals surface area contributed by atoms with Gasteiger partial charge in [0.1, 0.15) is 0 Å². The lowest BCUT2D eigenvalue weighted by molar-refractivity contribution is -0.137. The Morgan fingerprint density at radius 2 is 2.00 bits per heavy atom. The van der Waals surface area contributed by atoms with Crippen molar-refractivity contribution in [2.75, 3.05) is 13.2 Å². The lowest BCUT2D eigenvalue weighted by Gasteiger charge is -2.10. The Morgan fingerprint density at radius 1 is 1.24 bits per heavy atom. The van der Waals surface area contributed by atoms with E-state index < -0.39 is 0 Å². The molecule has 0 aliphatic carbocycles. The third kappa shape index (κ3) is 11.4. The lowest BCUT2D eigenvalue weighted by atomic mass is 10.1. The van der Waals surface area contributed by atoms with E-state index in [-0.39, 0.29) is 12.1 Å². The molecule has 1 atom stereocenters. The van der Waals surface area contributed by atoms with Crippen LogP contribution >= 0.6 is 0 Å². The summed E-state index contributed by atoms with van der Waals surface area (Å²) < 4.78 is 10.3. The summed E-state index contributed by atoms with van der Waals surface area (Å²) in [5, 5.41) is 0.